The van der Waals surface area contributed by atoms with E-state index in [2.05, 4.69) is 32.1 Å². The first-order valence-electron chi connectivity index (χ1n) is 4.86. The predicted molar refractivity (Wildman–Crippen MR) is 54.5 cm³/mol. The van der Waals surface area contributed by atoms with Crippen LogP contribution in [0.2, 0.25) is 0 Å². The van der Waals surface area contributed by atoms with Crippen molar-refractivity contribution in [1.29, 1.82) is 0 Å². The fourth-order valence-corrected chi connectivity index (χ4v) is 1.25. The first-order valence-corrected chi connectivity index (χ1v) is 4.86. The molecule has 0 aliphatic rings. The standard InChI is InChI=1S/C10H19N3/c1-8(2)13-7-10(6-12-13)4-9(3)5-11/h6-9H,4-5,11H2,1-3H3. The van der Waals surface area contributed by atoms with Crippen LogP contribution in [0.4, 0.5) is 0 Å². The molecule has 0 bridgehead atoms. The fourth-order valence-electron chi connectivity index (χ4n) is 1.25. The van der Waals surface area contributed by atoms with Crippen molar-refractivity contribution in [3.63, 3.8) is 0 Å². The van der Waals surface area contributed by atoms with Gasteiger partial charge in [-0.1, -0.05) is 6.92 Å². The highest BCUT2D eigenvalue weighted by molar-refractivity contribution is 5.05. The molecule has 1 heterocycles. The van der Waals surface area contributed by atoms with Crippen LogP contribution in [0, 0.1) is 5.92 Å². The van der Waals surface area contributed by atoms with Crippen molar-refractivity contribution in [2.24, 2.45) is 11.7 Å². The van der Waals surface area contributed by atoms with Crippen molar-refractivity contribution < 1.29 is 0 Å². The van der Waals surface area contributed by atoms with Gasteiger partial charge in [-0.05, 0) is 38.3 Å². The second kappa shape index (κ2) is 4.42. The Labute approximate surface area is 79.9 Å². The lowest BCUT2D eigenvalue weighted by atomic mass is 10.0. The van der Waals surface area contributed by atoms with Gasteiger partial charge >= 0.3 is 0 Å². The van der Waals surface area contributed by atoms with E-state index in [0.717, 1.165) is 13.0 Å². The molecule has 0 spiro atoms. The minimum absolute atomic E-state index is 0.446. The molecule has 0 saturated heterocycles. The van der Waals surface area contributed by atoms with Crippen LogP contribution < -0.4 is 5.73 Å². The molecular weight excluding hydrogens is 162 g/mol. The number of rotatable bonds is 4. The molecule has 74 valence electrons. The summed E-state index contributed by atoms with van der Waals surface area (Å²) in [5.41, 5.74) is 6.84. The van der Waals surface area contributed by atoms with Crippen LogP contribution in [0.1, 0.15) is 32.4 Å². The lowest BCUT2D eigenvalue weighted by Crippen LogP contribution is -2.12. The van der Waals surface area contributed by atoms with Crippen molar-refractivity contribution in [3.05, 3.63) is 18.0 Å². The lowest BCUT2D eigenvalue weighted by molar-refractivity contribution is 0.530. The monoisotopic (exact) mass is 181 g/mol. The zero-order valence-electron chi connectivity index (χ0n) is 8.70. The maximum atomic E-state index is 5.56. The smallest absolute Gasteiger partial charge is 0.0521 e. The molecular formula is C10H19N3. The number of nitrogens with two attached hydrogens (primary N) is 1. The Morgan fingerprint density at radius 2 is 2.15 bits per heavy atom. The Hall–Kier alpha value is -0.830. The Morgan fingerprint density at radius 1 is 1.46 bits per heavy atom. The highest BCUT2D eigenvalue weighted by Gasteiger charge is 2.05. The third-order valence-electron chi connectivity index (χ3n) is 2.17. The van der Waals surface area contributed by atoms with Gasteiger partial charge in [-0.3, -0.25) is 4.68 Å². The van der Waals surface area contributed by atoms with E-state index in [-0.39, 0.29) is 0 Å². The average molecular weight is 181 g/mol. The molecule has 1 atom stereocenters. The summed E-state index contributed by atoms with van der Waals surface area (Å²) in [6.07, 6.45) is 5.08. The van der Waals surface area contributed by atoms with Crippen molar-refractivity contribution in [2.45, 2.75) is 33.2 Å². The molecule has 3 heteroatoms. The van der Waals surface area contributed by atoms with Crippen LogP contribution in [-0.2, 0) is 6.42 Å². The van der Waals surface area contributed by atoms with Gasteiger partial charge in [0.25, 0.3) is 0 Å². The molecule has 1 aromatic heterocycles. The van der Waals surface area contributed by atoms with Gasteiger partial charge in [-0.25, -0.2) is 0 Å². The van der Waals surface area contributed by atoms with Gasteiger partial charge in [0.15, 0.2) is 0 Å². The number of hydrogen-bond acceptors (Lipinski definition) is 2. The molecule has 0 aliphatic heterocycles. The summed E-state index contributed by atoms with van der Waals surface area (Å²) in [5.74, 6) is 0.546. The van der Waals surface area contributed by atoms with Crippen LogP contribution in [0.25, 0.3) is 0 Å². The Morgan fingerprint density at radius 3 is 2.62 bits per heavy atom. The summed E-state index contributed by atoms with van der Waals surface area (Å²) in [6.45, 7) is 7.16. The molecule has 1 unspecified atom stereocenters. The van der Waals surface area contributed by atoms with Crippen LogP contribution in [0.15, 0.2) is 12.4 Å². The summed E-state index contributed by atoms with van der Waals surface area (Å²) in [7, 11) is 0. The third kappa shape index (κ3) is 2.84. The molecule has 0 aliphatic carbocycles. The first kappa shape index (κ1) is 10.3. The van der Waals surface area contributed by atoms with E-state index < -0.39 is 0 Å². The van der Waals surface area contributed by atoms with Gasteiger partial charge in [0, 0.05) is 12.2 Å². The third-order valence-corrected chi connectivity index (χ3v) is 2.17. The van der Waals surface area contributed by atoms with Crippen LogP contribution in [0.3, 0.4) is 0 Å². The fraction of sp³-hybridized carbons (Fsp3) is 0.700. The van der Waals surface area contributed by atoms with Gasteiger partial charge in [-0.2, -0.15) is 5.10 Å². The minimum Gasteiger partial charge on any atom is -0.330 e. The topological polar surface area (TPSA) is 43.8 Å². The second-order valence-corrected chi connectivity index (χ2v) is 3.97. The van der Waals surface area contributed by atoms with Gasteiger partial charge in [0.1, 0.15) is 0 Å². The van der Waals surface area contributed by atoms with E-state index in [1.54, 1.807) is 0 Å². The maximum Gasteiger partial charge on any atom is 0.0521 e. The van der Waals surface area contributed by atoms with E-state index in [1.165, 1.54) is 5.56 Å². The largest absolute Gasteiger partial charge is 0.330 e. The Kier molecular flexibility index (Phi) is 3.48. The molecule has 0 aromatic carbocycles. The zero-order chi connectivity index (χ0) is 9.84. The van der Waals surface area contributed by atoms with E-state index in [4.69, 9.17) is 5.73 Å². The molecule has 0 fully saturated rings. The average Bonchev–Trinajstić information content (AvgIpc) is 2.52. The molecule has 13 heavy (non-hydrogen) atoms. The molecule has 0 radical (unpaired) electrons. The highest BCUT2D eigenvalue weighted by atomic mass is 15.3. The summed E-state index contributed by atoms with van der Waals surface area (Å²) in [5, 5.41) is 4.28. The summed E-state index contributed by atoms with van der Waals surface area (Å²) in [6, 6.07) is 0.446. The van der Waals surface area contributed by atoms with E-state index in [0.29, 0.717) is 12.0 Å². The quantitative estimate of drug-likeness (QED) is 0.766. The minimum atomic E-state index is 0.446. The lowest BCUT2D eigenvalue weighted by Gasteiger charge is -2.05. The molecule has 0 saturated carbocycles. The van der Waals surface area contributed by atoms with E-state index >= 15 is 0 Å². The van der Waals surface area contributed by atoms with Gasteiger partial charge in [0.05, 0.1) is 6.20 Å². The molecule has 1 aromatic rings. The summed E-state index contributed by atoms with van der Waals surface area (Å²) >= 11 is 0. The normalized spacial score (nSPS) is 13.6. The van der Waals surface area contributed by atoms with Gasteiger partial charge < -0.3 is 5.73 Å². The van der Waals surface area contributed by atoms with Gasteiger partial charge in [-0.15, -0.1) is 0 Å². The molecule has 3 nitrogen and oxygen atoms in total. The van der Waals surface area contributed by atoms with Crippen LogP contribution in [0.5, 0.6) is 0 Å². The second-order valence-electron chi connectivity index (χ2n) is 3.97. The molecule has 1 rings (SSSR count). The van der Waals surface area contributed by atoms with Crippen LogP contribution >= 0.6 is 0 Å². The van der Waals surface area contributed by atoms with Crippen molar-refractivity contribution in [2.75, 3.05) is 6.54 Å². The van der Waals surface area contributed by atoms with E-state index in [1.807, 2.05) is 10.9 Å². The zero-order valence-corrected chi connectivity index (χ0v) is 8.70. The Bertz CT molecular complexity index is 252. The number of hydrogen-bond donors (Lipinski definition) is 1. The predicted octanol–water partition coefficient (Wildman–Crippen LogP) is 1.60. The van der Waals surface area contributed by atoms with Gasteiger partial charge in [0.2, 0.25) is 0 Å². The summed E-state index contributed by atoms with van der Waals surface area (Å²) in [4.78, 5) is 0. The SMILES string of the molecule is CC(CN)Cc1cnn(C(C)C)c1. The van der Waals surface area contributed by atoms with Crippen molar-refractivity contribution in [3.8, 4) is 0 Å². The van der Waals surface area contributed by atoms with Crippen molar-refractivity contribution >= 4 is 0 Å². The Balaban J connectivity index is 2.58. The highest BCUT2D eigenvalue weighted by Crippen LogP contribution is 2.09. The molecule has 0 amide bonds. The number of nitrogens with zero attached hydrogens (tertiary/aromatic N) is 2. The molecule has 2 N–H and O–H groups in total. The van der Waals surface area contributed by atoms with Crippen LogP contribution in [-0.4, -0.2) is 16.3 Å². The first-order chi connectivity index (χ1) is 6.13. The number of aromatic nitrogens is 2. The van der Waals surface area contributed by atoms with E-state index in [9.17, 15) is 0 Å². The van der Waals surface area contributed by atoms with Crippen molar-refractivity contribution in [1.82, 2.24) is 9.78 Å². The maximum absolute atomic E-state index is 5.56. The summed E-state index contributed by atoms with van der Waals surface area (Å²) < 4.78 is 1.98.